The third-order valence-corrected chi connectivity index (χ3v) is 1.84. The molecule has 0 saturated carbocycles. The highest BCUT2D eigenvalue weighted by atomic mass is 16.6. The maximum Gasteiger partial charge on any atom is 0.345 e. The van der Waals surface area contributed by atoms with Crippen LogP contribution in [0.5, 0.6) is 0 Å². The normalized spacial score (nSPS) is 11.6. The minimum Gasteiger partial charge on any atom is -0.481 e. The lowest BCUT2D eigenvalue weighted by atomic mass is 10.2. The first kappa shape index (κ1) is 12.9. The fourth-order valence-electron chi connectivity index (χ4n) is 1.04. The molecule has 0 fully saturated rings. The fourth-order valence-corrected chi connectivity index (χ4v) is 1.04. The molecule has 1 aromatic rings. The van der Waals surface area contributed by atoms with Gasteiger partial charge in [0.1, 0.15) is 0 Å². The highest BCUT2D eigenvalue weighted by Gasteiger charge is 2.23. The van der Waals surface area contributed by atoms with E-state index < -0.39 is 30.4 Å². The third-order valence-electron chi connectivity index (χ3n) is 1.84. The average Bonchev–Trinajstić information content (AvgIpc) is 2.29. The van der Waals surface area contributed by atoms with Crippen LogP contribution < -0.4 is 0 Å². The van der Waals surface area contributed by atoms with Gasteiger partial charge in [-0.15, -0.1) is 0 Å². The zero-order valence-electron chi connectivity index (χ0n) is 8.70. The molecule has 0 aromatic heterocycles. The predicted molar refractivity (Wildman–Crippen MR) is 55.1 cm³/mol. The predicted octanol–water partition coefficient (Wildman–Crippen LogP) is 0.206. The summed E-state index contributed by atoms with van der Waals surface area (Å²) in [5.41, 5.74) is 0.142. The summed E-state index contributed by atoms with van der Waals surface area (Å²) in [6.45, 7) is 0. The van der Waals surface area contributed by atoms with E-state index in [1.165, 1.54) is 12.1 Å². The molecule has 0 heterocycles. The molecule has 0 saturated heterocycles. The lowest BCUT2D eigenvalue weighted by Gasteiger charge is -2.06. The number of carboxylic acid groups (broad SMARTS) is 1. The number of carboxylic acids is 1. The third kappa shape index (κ3) is 4.04. The van der Waals surface area contributed by atoms with E-state index in [2.05, 4.69) is 4.74 Å². The largest absolute Gasteiger partial charge is 0.481 e. The second-order valence-corrected chi connectivity index (χ2v) is 3.19. The fraction of sp³-hybridized carbons (Fsp3) is 0.182. The van der Waals surface area contributed by atoms with Gasteiger partial charge in [-0.3, -0.25) is 4.79 Å². The molecule has 6 heteroatoms. The summed E-state index contributed by atoms with van der Waals surface area (Å²) in [5, 5.41) is 17.4. The Bertz CT molecular complexity index is 425. The number of esters is 2. The number of carbonyl (C=O) groups is 3. The van der Waals surface area contributed by atoms with Gasteiger partial charge in [0.2, 0.25) is 0 Å². The van der Waals surface area contributed by atoms with Crippen molar-refractivity contribution in [1.29, 1.82) is 0 Å². The van der Waals surface area contributed by atoms with E-state index in [4.69, 9.17) is 10.2 Å². The second-order valence-electron chi connectivity index (χ2n) is 3.19. The quantitative estimate of drug-likeness (QED) is 0.574. The first-order valence-corrected chi connectivity index (χ1v) is 4.71. The topological polar surface area (TPSA) is 101 Å². The maximum atomic E-state index is 11.3. The molecule has 0 bridgehead atoms. The Hall–Kier alpha value is -2.21. The Labute approximate surface area is 96.4 Å². The van der Waals surface area contributed by atoms with Crippen molar-refractivity contribution in [2.75, 3.05) is 0 Å². The Morgan fingerprint density at radius 1 is 1.18 bits per heavy atom. The van der Waals surface area contributed by atoms with Gasteiger partial charge < -0.3 is 14.9 Å². The van der Waals surface area contributed by atoms with Crippen LogP contribution in [0.2, 0.25) is 0 Å². The molecule has 1 rings (SSSR count). The lowest BCUT2D eigenvalue weighted by Crippen LogP contribution is -2.28. The van der Waals surface area contributed by atoms with Crippen LogP contribution in [0, 0.1) is 0 Å². The van der Waals surface area contributed by atoms with Crippen molar-refractivity contribution in [1.82, 2.24) is 0 Å². The van der Waals surface area contributed by atoms with Crippen molar-refractivity contribution in [3.63, 3.8) is 0 Å². The molecule has 0 aliphatic carbocycles. The van der Waals surface area contributed by atoms with E-state index in [0.717, 1.165) is 0 Å². The molecule has 0 aliphatic heterocycles. The summed E-state index contributed by atoms with van der Waals surface area (Å²) in [5.74, 6) is -3.57. The molecular weight excluding hydrogens is 228 g/mol. The molecule has 1 aromatic carbocycles. The molecule has 0 radical (unpaired) electrons. The van der Waals surface area contributed by atoms with Gasteiger partial charge in [0.25, 0.3) is 0 Å². The monoisotopic (exact) mass is 238 g/mol. The molecule has 1 atom stereocenters. The number of aliphatic hydroxyl groups excluding tert-OH is 1. The molecule has 90 valence electrons. The zero-order valence-corrected chi connectivity index (χ0v) is 8.70. The lowest BCUT2D eigenvalue weighted by molar-refractivity contribution is -0.153. The Kier molecular flexibility index (Phi) is 4.36. The number of hydrogen-bond donors (Lipinski definition) is 2. The first-order chi connectivity index (χ1) is 8.00. The van der Waals surface area contributed by atoms with E-state index in [0.29, 0.717) is 0 Å². The van der Waals surface area contributed by atoms with Crippen molar-refractivity contribution in [2.24, 2.45) is 0 Å². The van der Waals surface area contributed by atoms with Gasteiger partial charge in [-0.05, 0) is 12.1 Å². The Balaban J connectivity index is 2.58. The number of ether oxygens (including phenoxy) is 1. The highest BCUT2D eigenvalue weighted by molar-refractivity contribution is 5.98. The minimum atomic E-state index is -1.85. The number of aliphatic carboxylic acids is 1. The van der Waals surface area contributed by atoms with Crippen LogP contribution in [0.4, 0.5) is 0 Å². The standard InChI is InChI=1S/C11H10O6/c12-8(6-9(13)14)11(16)17-10(15)7-4-2-1-3-5-7/h1-5,8,12H,6H2,(H,13,14). The summed E-state index contributed by atoms with van der Waals surface area (Å²) < 4.78 is 4.31. The van der Waals surface area contributed by atoms with Crippen molar-refractivity contribution < 1.29 is 29.3 Å². The maximum absolute atomic E-state index is 11.3. The van der Waals surface area contributed by atoms with E-state index >= 15 is 0 Å². The van der Waals surface area contributed by atoms with Crippen molar-refractivity contribution in [3.05, 3.63) is 35.9 Å². The Morgan fingerprint density at radius 3 is 2.29 bits per heavy atom. The molecule has 6 nitrogen and oxygen atoms in total. The van der Waals surface area contributed by atoms with Gasteiger partial charge in [-0.2, -0.15) is 0 Å². The van der Waals surface area contributed by atoms with Crippen LogP contribution in [0.25, 0.3) is 0 Å². The van der Waals surface area contributed by atoms with Crippen LogP contribution in [-0.4, -0.2) is 34.2 Å². The number of benzene rings is 1. The summed E-state index contributed by atoms with van der Waals surface area (Å²) in [6.07, 6.45) is -2.65. The van der Waals surface area contributed by atoms with Crippen molar-refractivity contribution in [2.45, 2.75) is 12.5 Å². The summed E-state index contributed by atoms with van der Waals surface area (Å²) >= 11 is 0. The smallest absolute Gasteiger partial charge is 0.345 e. The zero-order chi connectivity index (χ0) is 12.8. The van der Waals surface area contributed by atoms with E-state index in [1.54, 1.807) is 18.2 Å². The molecule has 0 aliphatic rings. The van der Waals surface area contributed by atoms with Crippen LogP contribution in [0.3, 0.4) is 0 Å². The summed E-state index contributed by atoms with van der Waals surface area (Å²) in [4.78, 5) is 32.7. The molecule has 0 amide bonds. The van der Waals surface area contributed by atoms with Crippen molar-refractivity contribution >= 4 is 17.9 Å². The van der Waals surface area contributed by atoms with Crippen LogP contribution in [-0.2, 0) is 14.3 Å². The highest BCUT2D eigenvalue weighted by Crippen LogP contribution is 2.03. The van der Waals surface area contributed by atoms with Gasteiger partial charge >= 0.3 is 17.9 Å². The van der Waals surface area contributed by atoms with E-state index in [-0.39, 0.29) is 5.56 Å². The summed E-state index contributed by atoms with van der Waals surface area (Å²) in [6, 6.07) is 7.69. The molecular formula is C11H10O6. The minimum absolute atomic E-state index is 0.142. The first-order valence-electron chi connectivity index (χ1n) is 4.71. The van der Waals surface area contributed by atoms with Crippen molar-refractivity contribution in [3.8, 4) is 0 Å². The number of aliphatic hydroxyl groups is 1. The van der Waals surface area contributed by atoms with E-state index in [1.807, 2.05) is 0 Å². The van der Waals surface area contributed by atoms with Gasteiger partial charge in [0.15, 0.2) is 6.10 Å². The van der Waals surface area contributed by atoms with E-state index in [9.17, 15) is 14.4 Å². The SMILES string of the molecule is O=C(O)CC(O)C(=O)OC(=O)c1ccccc1. The van der Waals surface area contributed by atoms with Gasteiger partial charge in [0.05, 0.1) is 12.0 Å². The molecule has 1 unspecified atom stereocenters. The number of hydrogen-bond acceptors (Lipinski definition) is 5. The molecule has 0 spiro atoms. The number of rotatable bonds is 4. The van der Waals surface area contributed by atoms with Crippen LogP contribution in [0.15, 0.2) is 30.3 Å². The molecule has 17 heavy (non-hydrogen) atoms. The van der Waals surface area contributed by atoms with Crippen LogP contribution in [0.1, 0.15) is 16.8 Å². The molecule has 2 N–H and O–H groups in total. The Morgan fingerprint density at radius 2 is 1.76 bits per heavy atom. The van der Waals surface area contributed by atoms with Gasteiger partial charge in [-0.1, -0.05) is 18.2 Å². The van der Waals surface area contributed by atoms with Crippen LogP contribution >= 0.6 is 0 Å². The van der Waals surface area contributed by atoms with Gasteiger partial charge in [0, 0.05) is 0 Å². The second kappa shape index (κ2) is 5.76. The average molecular weight is 238 g/mol. The van der Waals surface area contributed by atoms with Gasteiger partial charge in [-0.25, -0.2) is 9.59 Å². The summed E-state index contributed by atoms with van der Waals surface area (Å²) in [7, 11) is 0. The number of carbonyl (C=O) groups excluding carboxylic acids is 2.